The van der Waals surface area contributed by atoms with Gasteiger partial charge in [-0.15, -0.1) is 0 Å². The Kier molecular flexibility index (Phi) is 2.75. The van der Waals surface area contributed by atoms with Crippen molar-refractivity contribution in [3.8, 4) is 0 Å². The molecule has 0 radical (unpaired) electrons. The van der Waals surface area contributed by atoms with Gasteiger partial charge in [0.2, 0.25) is 6.10 Å². The van der Waals surface area contributed by atoms with Gasteiger partial charge in [0.1, 0.15) is 5.57 Å². The summed E-state index contributed by atoms with van der Waals surface area (Å²) in [5.41, 5.74) is -1.39. The lowest BCUT2D eigenvalue weighted by Crippen LogP contribution is -2.32. The predicted octanol–water partition coefficient (Wildman–Crippen LogP) is -0.551. The van der Waals surface area contributed by atoms with Crippen LogP contribution in [0.15, 0.2) is 23.5 Å². The van der Waals surface area contributed by atoms with Gasteiger partial charge in [0, 0.05) is 0 Å². The number of hydrogen-bond donors (Lipinski definition) is 3. The van der Waals surface area contributed by atoms with Crippen LogP contribution in [0, 0.1) is 0 Å². The standard InChI is InChI=1S/C8H6O7/c9-6(10)3-1-2-15-5(8(13)14)4(3)7(11)12/h1-2,5H,(H,9,10)(H,11,12)(H,13,14). The van der Waals surface area contributed by atoms with Gasteiger partial charge in [0.25, 0.3) is 0 Å². The highest BCUT2D eigenvalue weighted by Gasteiger charge is 2.35. The molecule has 1 aliphatic heterocycles. The van der Waals surface area contributed by atoms with Gasteiger partial charge in [-0.2, -0.15) is 0 Å². The summed E-state index contributed by atoms with van der Waals surface area (Å²) in [5, 5.41) is 25.9. The molecule has 1 unspecified atom stereocenters. The van der Waals surface area contributed by atoms with Crippen molar-refractivity contribution < 1.29 is 34.4 Å². The minimum atomic E-state index is -1.79. The molecule has 1 atom stereocenters. The van der Waals surface area contributed by atoms with Gasteiger partial charge in [-0.3, -0.25) is 0 Å². The number of carbonyl (C=O) groups is 3. The first kappa shape index (κ1) is 10.8. The van der Waals surface area contributed by atoms with E-state index in [9.17, 15) is 14.4 Å². The summed E-state index contributed by atoms with van der Waals surface area (Å²) >= 11 is 0. The zero-order chi connectivity index (χ0) is 11.6. The van der Waals surface area contributed by atoms with E-state index in [1.807, 2.05) is 0 Å². The summed E-state index contributed by atoms with van der Waals surface area (Å²) < 4.78 is 4.51. The molecule has 7 heteroatoms. The Morgan fingerprint density at radius 1 is 1.13 bits per heavy atom. The first-order valence-electron chi connectivity index (χ1n) is 3.70. The average molecular weight is 214 g/mol. The Hall–Kier alpha value is -2.31. The zero-order valence-corrected chi connectivity index (χ0v) is 7.21. The molecule has 1 aliphatic rings. The number of ether oxygens (including phenoxy) is 1. The Labute approximate surface area is 82.9 Å². The zero-order valence-electron chi connectivity index (χ0n) is 7.21. The smallest absolute Gasteiger partial charge is 0.349 e. The van der Waals surface area contributed by atoms with Gasteiger partial charge in [-0.05, 0) is 6.08 Å². The highest BCUT2D eigenvalue weighted by Crippen LogP contribution is 2.20. The molecule has 7 nitrogen and oxygen atoms in total. The molecule has 1 rings (SSSR count). The highest BCUT2D eigenvalue weighted by atomic mass is 16.5. The summed E-state index contributed by atoms with van der Waals surface area (Å²) in [6.45, 7) is 0. The average Bonchev–Trinajstić information content (AvgIpc) is 2.16. The largest absolute Gasteiger partial charge is 0.481 e. The molecule has 3 N–H and O–H groups in total. The van der Waals surface area contributed by atoms with Gasteiger partial charge in [0.15, 0.2) is 0 Å². The lowest BCUT2D eigenvalue weighted by molar-refractivity contribution is -0.148. The molecule has 0 saturated heterocycles. The lowest BCUT2D eigenvalue weighted by Gasteiger charge is -2.17. The second-order valence-corrected chi connectivity index (χ2v) is 2.59. The Balaban J connectivity index is 3.29. The van der Waals surface area contributed by atoms with E-state index in [1.54, 1.807) is 0 Å². The molecule has 0 saturated carbocycles. The van der Waals surface area contributed by atoms with Crippen LogP contribution in [0.3, 0.4) is 0 Å². The molecular weight excluding hydrogens is 208 g/mol. The van der Waals surface area contributed by atoms with Crippen molar-refractivity contribution in [1.29, 1.82) is 0 Å². The molecule has 0 spiro atoms. The summed E-state index contributed by atoms with van der Waals surface area (Å²) in [6.07, 6.45) is -0.0569. The van der Waals surface area contributed by atoms with Crippen molar-refractivity contribution >= 4 is 17.9 Å². The molecule has 0 fully saturated rings. The molecule has 1 heterocycles. The quantitative estimate of drug-likeness (QED) is 0.576. The van der Waals surface area contributed by atoms with Crippen molar-refractivity contribution in [2.75, 3.05) is 0 Å². The number of carboxylic acids is 3. The van der Waals surface area contributed by atoms with E-state index in [0.717, 1.165) is 12.3 Å². The Bertz CT molecular complexity index is 390. The van der Waals surface area contributed by atoms with Crippen LogP contribution in [0.4, 0.5) is 0 Å². The van der Waals surface area contributed by atoms with Crippen LogP contribution < -0.4 is 0 Å². The van der Waals surface area contributed by atoms with Gasteiger partial charge in [0.05, 0.1) is 11.8 Å². The van der Waals surface area contributed by atoms with E-state index in [0.29, 0.717) is 0 Å². The van der Waals surface area contributed by atoms with Gasteiger partial charge in [-0.1, -0.05) is 0 Å². The second kappa shape index (κ2) is 3.82. The molecule has 0 aliphatic carbocycles. The van der Waals surface area contributed by atoms with Crippen LogP contribution in [0.2, 0.25) is 0 Å². The summed E-state index contributed by atoms with van der Waals surface area (Å²) in [5.74, 6) is -4.71. The van der Waals surface area contributed by atoms with Crippen LogP contribution in [-0.4, -0.2) is 39.3 Å². The van der Waals surface area contributed by atoms with Crippen LogP contribution in [0.1, 0.15) is 0 Å². The molecule has 0 aromatic carbocycles. The van der Waals surface area contributed by atoms with E-state index in [4.69, 9.17) is 15.3 Å². The van der Waals surface area contributed by atoms with E-state index >= 15 is 0 Å². The topological polar surface area (TPSA) is 121 Å². The first-order valence-corrected chi connectivity index (χ1v) is 3.70. The van der Waals surface area contributed by atoms with E-state index in [-0.39, 0.29) is 0 Å². The fourth-order valence-electron chi connectivity index (χ4n) is 1.08. The van der Waals surface area contributed by atoms with Crippen molar-refractivity contribution in [3.05, 3.63) is 23.5 Å². The van der Waals surface area contributed by atoms with Crippen molar-refractivity contribution in [2.45, 2.75) is 6.10 Å². The number of aliphatic carboxylic acids is 3. The minimum Gasteiger partial charge on any atom is -0.481 e. The molecule has 15 heavy (non-hydrogen) atoms. The van der Waals surface area contributed by atoms with E-state index in [1.165, 1.54) is 0 Å². The minimum absolute atomic E-state index is 0.596. The highest BCUT2D eigenvalue weighted by molar-refractivity contribution is 6.05. The summed E-state index contributed by atoms with van der Waals surface area (Å²) in [6, 6.07) is 0. The number of hydrogen-bond acceptors (Lipinski definition) is 4. The first-order chi connectivity index (χ1) is 6.95. The maximum absolute atomic E-state index is 10.7. The van der Waals surface area contributed by atoms with Gasteiger partial charge < -0.3 is 20.1 Å². The maximum atomic E-state index is 10.7. The fourth-order valence-corrected chi connectivity index (χ4v) is 1.08. The fraction of sp³-hybridized carbons (Fsp3) is 0.125. The molecule has 0 aromatic rings. The predicted molar refractivity (Wildman–Crippen MR) is 43.9 cm³/mol. The summed E-state index contributed by atoms with van der Waals surface area (Å²) in [7, 11) is 0. The van der Waals surface area contributed by atoms with Crippen molar-refractivity contribution in [2.24, 2.45) is 0 Å². The second-order valence-electron chi connectivity index (χ2n) is 2.59. The van der Waals surface area contributed by atoms with Gasteiger partial charge >= 0.3 is 17.9 Å². The van der Waals surface area contributed by atoms with E-state index in [2.05, 4.69) is 4.74 Å². The SMILES string of the molecule is O=C(O)C1=C(C(=O)O)C(C(=O)O)OC=C1. The van der Waals surface area contributed by atoms with Crippen LogP contribution in [0.5, 0.6) is 0 Å². The van der Waals surface area contributed by atoms with Crippen molar-refractivity contribution in [1.82, 2.24) is 0 Å². The third kappa shape index (κ3) is 1.96. The molecular formula is C8H6O7. The monoisotopic (exact) mass is 214 g/mol. The van der Waals surface area contributed by atoms with Crippen LogP contribution >= 0.6 is 0 Å². The Morgan fingerprint density at radius 3 is 2.13 bits per heavy atom. The van der Waals surface area contributed by atoms with Crippen LogP contribution in [0.25, 0.3) is 0 Å². The normalized spacial score (nSPS) is 19.6. The van der Waals surface area contributed by atoms with Crippen molar-refractivity contribution in [3.63, 3.8) is 0 Å². The third-order valence-electron chi connectivity index (χ3n) is 1.69. The lowest BCUT2D eigenvalue weighted by atomic mass is 10.0. The molecule has 0 amide bonds. The molecule has 0 bridgehead atoms. The maximum Gasteiger partial charge on any atom is 0.349 e. The number of rotatable bonds is 3. The Morgan fingerprint density at radius 2 is 1.73 bits per heavy atom. The molecule has 80 valence electrons. The third-order valence-corrected chi connectivity index (χ3v) is 1.69. The number of carboxylic acid groups (broad SMARTS) is 3. The summed E-state index contributed by atoms with van der Waals surface area (Å²) in [4.78, 5) is 31.9. The van der Waals surface area contributed by atoms with Gasteiger partial charge in [-0.25, -0.2) is 14.4 Å². The molecule has 0 aromatic heterocycles. The van der Waals surface area contributed by atoms with Crippen LogP contribution in [-0.2, 0) is 19.1 Å². The van der Waals surface area contributed by atoms with E-state index < -0.39 is 35.2 Å².